The van der Waals surface area contributed by atoms with Crippen molar-refractivity contribution in [3.05, 3.63) is 63.6 Å². The number of carboxylic acid groups (broad SMARTS) is 1. The van der Waals surface area contributed by atoms with E-state index in [2.05, 4.69) is 10.6 Å². The van der Waals surface area contributed by atoms with Gasteiger partial charge in [-0.2, -0.15) is 0 Å². The molecule has 3 rings (SSSR count). The van der Waals surface area contributed by atoms with Gasteiger partial charge in [0.1, 0.15) is 6.04 Å². The van der Waals surface area contributed by atoms with Crippen LogP contribution < -0.4 is 10.6 Å². The van der Waals surface area contributed by atoms with Gasteiger partial charge in [0.2, 0.25) is 5.91 Å². The predicted molar refractivity (Wildman–Crippen MR) is 141 cm³/mol. The van der Waals surface area contributed by atoms with Crippen molar-refractivity contribution >= 4 is 52.6 Å². The Morgan fingerprint density at radius 2 is 1.73 bits per heavy atom. The van der Waals surface area contributed by atoms with Gasteiger partial charge in [0.05, 0.1) is 23.1 Å². The van der Waals surface area contributed by atoms with Crippen molar-refractivity contribution in [2.45, 2.75) is 46.1 Å². The van der Waals surface area contributed by atoms with Crippen LogP contribution >= 0.6 is 23.2 Å². The number of anilines is 1. The molecule has 10 heteroatoms. The first-order valence-electron chi connectivity index (χ1n) is 11.8. The van der Waals surface area contributed by atoms with E-state index in [0.29, 0.717) is 23.6 Å². The monoisotopic (exact) mass is 548 g/mol. The van der Waals surface area contributed by atoms with Gasteiger partial charge in [-0.25, -0.2) is 4.79 Å². The van der Waals surface area contributed by atoms with E-state index in [1.165, 1.54) is 19.2 Å². The minimum absolute atomic E-state index is 0.149. The van der Waals surface area contributed by atoms with E-state index in [1.54, 1.807) is 51.1 Å². The Morgan fingerprint density at radius 3 is 2.30 bits per heavy atom. The molecule has 198 valence electrons. The molecule has 1 aliphatic rings. The molecule has 37 heavy (non-hydrogen) atoms. The molecule has 1 fully saturated rings. The molecule has 8 nitrogen and oxygen atoms in total. The summed E-state index contributed by atoms with van der Waals surface area (Å²) in [5.74, 6) is -2.93. The predicted octanol–water partition coefficient (Wildman–Crippen LogP) is 4.97. The van der Waals surface area contributed by atoms with Crippen LogP contribution in [0, 0.1) is 16.7 Å². The number of methoxy groups -OCH3 is 1. The number of halogens is 2. The van der Waals surface area contributed by atoms with Crippen LogP contribution in [0.2, 0.25) is 10.0 Å². The number of benzene rings is 2. The fourth-order valence-corrected chi connectivity index (χ4v) is 5.16. The summed E-state index contributed by atoms with van der Waals surface area (Å²) >= 11 is 12.1. The largest absolute Gasteiger partial charge is 0.481 e. The molecule has 0 heterocycles. The maximum atomic E-state index is 13.2. The van der Waals surface area contributed by atoms with Crippen molar-refractivity contribution < 1.29 is 29.0 Å². The highest BCUT2D eigenvalue weighted by atomic mass is 35.5. The molecule has 1 saturated carbocycles. The molecule has 2 aromatic carbocycles. The molecule has 0 unspecified atom stereocenters. The number of hydrogen-bond acceptors (Lipinski definition) is 5. The Labute approximate surface area is 225 Å². The minimum Gasteiger partial charge on any atom is -0.481 e. The van der Waals surface area contributed by atoms with Gasteiger partial charge in [0, 0.05) is 23.0 Å². The second kappa shape index (κ2) is 11.1. The summed E-state index contributed by atoms with van der Waals surface area (Å²) in [4.78, 5) is 50.1. The molecule has 2 aromatic rings. The van der Waals surface area contributed by atoms with E-state index in [-0.39, 0.29) is 22.9 Å². The molecule has 3 N–H and O–H groups in total. The smallest absolute Gasteiger partial charge is 0.328 e. The van der Waals surface area contributed by atoms with E-state index >= 15 is 0 Å². The van der Waals surface area contributed by atoms with Gasteiger partial charge in [-0.05, 0) is 61.1 Å². The van der Waals surface area contributed by atoms with Crippen LogP contribution in [0.15, 0.2) is 42.5 Å². The highest BCUT2D eigenvalue weighted by Gasteiger charge is 2.58. The second-order valence-corrected chi connectivity index (χ2v) is 10.9. The number of ether oxygens (including phenoxy) is 1. The number of rotatable bonds is 8. The van der Waals surface area contributed by atoms with Crippen LogP contribution in [0.25, 0.3) is 0 Å². The first kappa shape index (κ1) is 28.5. The van der Waals surface area contributed by atoms with Crippen molar-refractivity contribution in [2.24, 2.45) is 16.7 Å². The van der Waals surface area contributed by atoms with Crippen molar-refractivity contribution in [1.29, 1.82) is 0 Å². The molecule has 0 radical (unpaired) electrons. The summed E-state index contributed by atoms with van der Waals surface area (Å²) in [6, 6.07) is 10.4. The van der Waals surface area contributed by atoms with E-state index in [9.17, 15) is 24.3 Å². The maximum Gasteiger partial charge on any atom is 0.328 e. The van der Waals surface area contributed by atoms with Crippen LogP contribution in [0.1, 0.15) is 49.5 Å². The van der Waals surface area contributed by atoms with E-state index < -0.39 is 40.6 Å². The first-order valence-corrected chi connectivity index (χ1v) is 12.5. The zero-order valence-corrected chi connectivity index (χ0v) is 22.6. The van der Waals surface area contributed by atoms with E-state index in [4.69, 9.17) is 27.9 Å². The molecule has 0 spiro atoms. The van der Waals surface area contributed by atoms with Crippen LogP contribution in [0.4, 0.5) is 5.69 Å². The summed E-state index contributed by atoms with van der Waals surface area (Å²) in [6.07, 6.45) is 0.917. The Hall–Kier alpha value is -3.10. The molecule has 0 saturated heterocycles. The lowest BCUT2D eigenvalue weighted by atomic mass is 9.65. The van der Waals surface area contributed by atoms with E-state index in [0.717, 1.165) is 5.56 Å². The molecular weight excluding hydrogens is 519 g/mol. The average Bonchev–Trinajstić information content (AvgIpc) is 3.10. The van der Waals surface area contributed by atoms with Crippen molar-refractivity contribution in [2.75, 3.05) is 12.4 Å². The number of esters is 1. The number of aliphatic carboxylic acids is 1. The zero-order chi connectivity index (χ0) is 27.5. The fraction of sp³-hybridized carbons (Fsp3) is 0.407. The summed E-state index contributed by atoms with van der Waals surface area (Å²) in [7, 11) is 1.24. The summed E-state index contributed by atoms with van der Waals surface area (Å²) < 4.78 is 4.90. The standard InChI is InChI=1S/C27H30Cl2N2O6/c1-26(2)19(11-12-27(26,3)25(35)36)23(33)31-21(24(34)37-4)13-15-5-8-17(9-6-15)30-22(32)18-14-16(28)7-10-20(18)29/h5-10,14,19,21H,11-13H2,1-4H3,(H,30,32)(H,31,33)(H,35,36)/t19-,21+,27+/m1/s1. The third-order valence-electron chi connectivity index (χ3n) is 7.64. The lowest BCUT2D eigenvalue weighted by molar-refractivity contribution is -0.156. The van der Waals surface area contributed by atoms with Gasteiger partial charge < -0.3 is 20.5 Å². The normalized spacial score (nSPS) is 21.1. The van der Waals surface area contributed by atoms with Crippen LogP contribution in [0.3, 0.4) is 0 Å². The fourth-order valence-electron chi connectivity index (χ4n) is 4.78. The number of hydrogen-bond donors (Lipinski definition) is 3. The highest BCUT2D eigenvalue weighted by molar-refractivity contribution is 6.36. The molecule has 0 aromatic heterocycles. The molecule has 2 amide bonds. The van der Waals surface area contributed by atoms with Gasteiger partial charge in [-0.1, -0.05) is 49.2 Å². The van der Waals surface area contributed by atoms with Gasteiger partial charge in [-0.3, -0.25) is 14.4 Å². The summed E-state index contributed by atoms with van der Waals surface area (Å²) in [5, 5.41) is 15.9. The number of amides is 2. The van der Waals surface area contributed by atoms with Crippen LogP contribution in [-0.4, -0.2) is 42.0 Å². The zero-order valence-electron chi connectivity index (χ0n) is 21.1. The summed E-state index contributed by atoms with van der Waals surface area (Å²) in [6.45, 7) is 5.20. The lowest BCUT2D eigenvalue weighted by Crippen LogP contribution is -2.50. The number of nitrogens with one attached hydrogen (secondary N) is 2. The number of carbonyl (C=O) groups is 4. The van der Waals surface area contributed by atoms with Gasteiger partial charge in [0.15, 0.2) is 0 Å². The SMILES string of the molecule is COC(=O)[C@H](Cc1ccc(NC(=O)c2cc(Cl)ccc2Cl)cc1)NC(=O)[C@H]1CC[C@@](C)(C(=O)O)C1(C)C. The maximum absolute atomic E-state index is 13.2. The number of carboxylic acids is 1. The Kier molecular flexibility index (Phi) is 8.55. The van der Waals surface area contributed by atoms with Gasteiger partial charge in [-0.15, -0.1) is 0 Å². The first-order chi connectivity index (χ1) is 17.3. The summed E-state index contributed by atoms with van der Waals surface area (Å²) in [5.41, 5.74) is -0.402. The molecule has 1 aliphatic carbocycles. The molecule has 0 bridgehead atoms. The van der Waals surface area contributed by atoms with Crippen molar-refractivity contribution in [3.63, 3.8) is 0 Å². The molecular formula is C27H30Cl2N2O6. The minimum atomic E-state index is -1.05. The van der Waals surface area contributed by atoms with Crippen LogP contribution in [0.5, 0.6) is 0 Å². The third kappa shape index (κ3) is 5.91. The van der Waals surface area contributed by atoms with Crippen LogP contribution in [-0.2, 0) is 25.5 Å². The van der Waals surface area contributed by atoms with E-state index in [1.807, 2.05) is 0 Å². The lowest BCUT2D eigenvalue weighted by Gasteiger charge is -2.38. The molecule has 3 atom stereocenters. The Balaban J connectivity index is 1.70. The average molecular weight is 549 g/mol. The van der Waals surface area contributed by atoms with Crippen molar-refractivity contribution in [1.82, 2.24) is 5.32 Å². The van der Waals surface area contributed by atoms with Crippen molar-refractivity contribution in [3.8, 4) is 0 Å². The Morgan fingerprint density at radius 1 is 1.08 bits per heavy atom. The van der Waals surface area contributed by atoms with Gasteiger partial charge >= 0.3 is 11.9 Å². The number of carbonyl (C=O) groups excluding carboxylic acids is 3. The second-order valence-electron chi connectivity index (χ2n) is 10.0. The highest BCUT2D eigenvalue weighted by Crippen LogP contribution is 2.56. The quantitative estimate of drug-likeness (QED) is 0.400. The van der Waals surface area contributed by atoms with Gasteiger partial charge in [0.25, 0.3) is 5.91 Å². The Bertz CT molecular complexity index is 1210. The molecule has 0 aliphatic heterocycles. The topological polar surface area (TPSA) is 122 Å². The third-order valence-corrected chi connectivity index (χ3v) is 8.21.